The molecular weight excluding hydrogens is 190 g/mol. The van der Waals surface area contributed by atoms with E-state index in [-0.39, 0.29) is 0 Å². The third-order valence-electron chi connectivity index (χ3n) is 2.34. The number of rotatable bonds is 7. The van der Waals surface area contributed by atoms with Crippen LogP contribution in [0, 0.1) is 0 Å². The van der Waals surface area contributed by atoms with Crippen LogP contribution in [0.2, 0.25) is 0 Å². The molecule has 3 heteroatoms. The highest BCUT2D eigenvalue weighted by Gasteiger charge is 2.09. The van der Waals surface area contributed by atoms with E-state index in [1.807, 2.05) is 6.26 Å². The van der Waals surface area contributed by atoms with E-state index < -0.39 is 0 Å². The largest absolute Gasteiger partial charge is 0.497 e. The maximum Gasteiger partial charge on any atom is 0.110 e. The first-order valence-corrected chi connectivity index (χ1v) is 5.92. The highest BCUT2D eigenvalue weighted by molar-refractivity contribution is 4.82. The molecule has 0 amide bonds. The Kier molecular flexibility index (Phi) is 6.44. The summed E-state index contributed by atoms with van der Waals surface area (Å²) in [6, 6.07) is 0. The van der Waals surface area contributed by atoms with Crippen LogP contribution in [0.4, 0.5) is 0 Å². The zero-order chi connectivity index (χ0) is 10.9. The molecule has 0 saturated carbocycles. The first-order valence-electron chi connectivity index (χ1n) is 5.92. The molecule has 3 nitrogen and oxygen atoms in total. The standard InChI is InChI=1S/C12H23NO2/c1-11(2)14-9-5-7-13-10-12-6-3-4-8-15-12/h4,8,11-13H,3,5-7,9-10H2,1-2H3. The second-order valence-electron chi connectivity index (χ2n) is 4.18. The maximum atomic E-state index is 5.45. The quantitative estimate of drug-likeness (QED) is 0.657. The van der Waals surface area contributed by atoms with Crippen LogP contribution in [0.25, 0.3) is 0 Å². The molecule has 1 heterocycles. The van der Waals surface area contributed by atoms with Crippen molar-refractivity contribution in [3.63, 3.8) is 0 Å². The predicted molar refractivity (Wildman–Crippen MR) is 61.8 cm³/mol. The molecule has 1 aliphatic heterocycles. The zero-order valence-electron chi connectivity index (χ0n) is 9.87. The monoisotopic (exact) mass is 213 g/mol. The number of hydrogen-bond donors (Lipinski definition) is 1. The van der Waals surface area contributed by atoms with Gasteiger partial charge >= 0.3 is 0 Å². The molecule has 1 rings (SSSR count). The van der Waals surface area contributed by atoms with E-state index in [1.54, 1.807) is 0 Å². The van der Waals surface area contributed by atoms with Gasteiger partial charge in [-0.2, -0.15) is 0 Å². The molecule has 1 atom stereocenters. The lowest BCUT2D eigenvalue weighted by atomic mass is 10.1. The van der Waals surface area contributed by atoms with Crippen LogP contribution in [0.1, 0.15) is 33.1 Å². The lowest BCUT2D eigenvalue weighted by molar-refractivity contribution is 0.0755. The van der Waals surface area contributed by atoms with Gasteiger partial charge in [0.05, 0.1) is 12.4 Å². The van der Waals surface area contributed by atoms with E-state index in [9.17, 15) is 0 Å². The van der Waals surface area contributed by atoms with Gasteiger partial charge in [-0.25, -0.2) is 0 Å². The summed E-state index contributed by atoms with van der Waals surface area (Å²) in [6.07, 6.45) is 7.94. The molecule has 1 aliphatic rings. The Morgan fingerprint density at radius 1 is 1.53 bits per heavy atom. The van der Waals surface area contributed by atoms with Crippen LogP contribution in [0.3, 0.4) is 0 Å². The summed E-state index contributed by atoms with van der Waals surface area (Å²) in [5, 5.41) is 3.39. The van der Waals surface area contributed by atoms with Gasteiger partial charge in [-0.15, -0.1) is 0 Å². The van der Waals surface area contributed by atoms with Crippen molar-refractivity contribution in [3.05, 3.63) is 12.3 Å². The van der Waals surface area contributed by atoms with Gasteiger partial charge in [0.1, 0.15) is 6.10 Å². The highest BCUT2D eigenvalue weighted by atomic mass is 16.5. The van der Waals surface area contributed by atoms with Crippen LogP contribution in [0.5, 0.6) is 0 Å². The normalized spacial score (nSPS) is 20.6. The molecule has 0 aromatic carbocycles. The Morgan fingerprint density at radius 3 is 3.07 bits per heavy atom. The molecule has 88 valence electrons. The van der Waals surface area contributed by atoms with E-state index in [4.69, 9.17) is 9.47 Å². The lowest BCUT2D eigenvalue weighted by Crippen LogP contribution is -2.30. The minimum absolute atomic E-state index is 0.344. The molecular formula is C12H23NO2. The molecule has 0 bridgehead atoms. The molecule has 1 N–H and O–H groups in total. The van der Waals surface area contributed by atoms with Crippen molar-refractivity contribution >= 4 is 0 Å². The van der Waals surface area contributed by atoms with Crippen molar-refractivity contribution in [3.8, 4) is 0 Å². The third-order valence-corrected chi connectivity index (χ3v) is 2.34. The number of hydrogen-bond acceptors (Lipinski definition) is 3. The number of ether oxygens (including phenoxy) is 2. The molecule has 0 radical (unpaired) electrons. The summed E-state index contributed by atoms with van der Waals surface area (Å²) in [5.41, 5.74) is 0. The topological polar surface area (TPSA) is 30.5 Å². The van der Waals surface area contributed by atoms with Gasteiger partial charge in [0, 0.05) is 13.2 Å². The zero-order valence-corrected chi connectivity index (χ0v) is 9.87. The fourth-order valence-corrected chi connectivity index (χ4v) is 1.51. The average molecular weight is 213 g/mol. The Bertz CT molecular complexity index is 180. The van der Waals surface area contributed by atoms with E-state index in [0.717, 1.165) is 39.0 Å². The highest BCUT2D eigenvalue weighted by Crippen LogP contribution is 2.08. The second-order valence-corrected chi connectivity index (χ2v) is 4.18. The molecule has 15 heavy (non-hydrogen) atoms. The summed E-state index contributed by atoms with van der Waals surface area (Å²) in [7, 11) is 0. The molecule has 0 spiro atoms. The van der Waals surface area contributed by atoms with Gasteiger partial charge < -0.3 is 14.8 Å². The van der Waals surface area contributed by atoms with Crippen molar-refractivity contribution in [1.82, 2.24) is 5.32 Å². The second kappa shape index (κ2) is 7.71. The molecule has 0 aromatic rings. The molecule has 0 aliphatic carbocycles. The van der Waals surface area contributed by atoms with Crippen LogP contribution in [-0.2, 0) is 9.47 Å². The van der Waals surface area contributed by atoms with Crippen molar-refractivity contribution in [1.29, 1.82) is 0 Å². The number of allylic oxidation sites excluding steroid dienone is 1. The Balaban J connectivity index is 1.86. The predicted octanol–water partition coefficient (Wildman–Crippen LogP) is 2.08. The summed E-state index contributed by atoms with van der Waals surface area (Å²) in [4.78, 5) is 0. The SMILES string of the molecule is CC(C)OCCCNCC1CCC=CO1. The first kappa shape index (κ1) is 12.5. The number of nitrogens with one attached hydrogen (secondary N) is 1. The average Bonchev–Trinajstić information content (AvgIpc) is 2.24. The van der Waals surface area contributed by atoms with E-state index >= 15 is 0 Å². The van der Waals surface area contributed by atoms with Gasteiger partial charge in [-0.05, 0) is 45.7 Å². The first-order chi connectivity index (χ1) is 7.29. The Hall–Kier alpha value is -0.540. The lowest BCUT2D eigenvalue weighted by Gasteiger charge is -2.19. The fourth-order valence-electron chi connectivity index (χ4n) is 1.51. The van der Waals surface area contributed by atoms with E-state index in [1.165, 1.54) is 0 Å². The summed E-state index contributed by atoms with van der Waals surface area (Å²) < 4.78 is 10.9. The van der Waals surface area contributed by atoms with Crippen molar-refractivity contribution in [2.75, 3.05) is 19.7 Å². The Morgan fingerprint density at radius 2 is 2.40 bits per heavy atom. The van der Waals surface area contributed by atoms with Crippen LogP contribution in [-0.4, -0.2) is 31.9 Å². The fraction of sp³-hybridized carbons (Fsp3) is 0.833. The van der Waals surface area contributed by atoms with Gasteiger partial charge in [0.25, 0.3) is 0 Å². The molecule has 0 saturated heterocycles. The minimum atomic E-state index is 0.344. The van der Waals surface area contributed by atoms with Gasteiger partial charge in [-0.3, -0.25) is 0 Å². The molecule has 0 fully saturated rings. The molecule has 0 aromatic heterocycles. The minimum Gasteiger partial charge on any atom is -0.497 e. The van der Waals surface area contributed by atoms with Crippen LogP contribution in [0.15, 0.2) is 12.3 Å². The van der Waals surface area contributed by atoms with Crippen LogP contribution >= 0.6 is 0 Å². The molecule has 1 unspecified atom stereocenters. The smallest absolute Gasteiger partial charge is 0.110 e. The van der Waals surface area contributed by atoms with Crippen molar-refractivity contribution in [2.45, 2.75) is 45.3 Å². The van der Waals surface area contributed by atoms with E-state index in [0.29, 0.717) is 12.2 Å². The van der Waals surface area contributed by atoms with Crippen molar-refractivity contribution in [2.24, 2.45) is 0 Å². The van der Waals surface area contributed by atoms with Crippen LogP contribution < -0.4 is 5.32 Å². The third kappa shape index (κ3) is 6.52. The van der Waals surface area contributed by atoms with Gasteiger partial charge in [-0.1, -0.05) is 0 Å². The summed E-state index contributed by atoms with van der Waals surface area (Å²) in [6.45, 7) is 6.93. The van der Waals surface area contributed by atoms with E-state index in [2.05, 4.69) is 25.2 Å². The van der Waals surface area contributed by atoms with Gasteiger partial charge in [0.15, 0.2) is 0 Å². The maximum absolute atomic E-state index is 5.45. The van der Waals surface area contributed by atoms with Crippen molar-refractivity contribution < 1.29 is 9.47 Å². The summed E-state index contributed by atoms with van der Waals surface area (Å²) in [5.74, 6) is 0. The summed E-state index contributed by atoms with van der Waals surface area (Å²) >= 11 is 0. The van der Waals surface area contributed by atoms with Gasteiger partial charge in [0.2, 0.25) is 0 Å². The Labute approximate surface area is 92.8 Å².